The van der Waals surface area contributed by atoms with Crippen LogP contribution in [0.1, 0.15) is 41.6 Å². The molecule has 5 heteroatoms. The summed E-state index contributed by atoms with van der Waals surface area (Å²) in [4.78, 5) is 28.5. The number of benzene rings is 2. The SMILES string of the molecule is O=C(CCCCCONC(=O)c1ccccc1)OCc1ccccc1. The van der Waals surface area contributed by atoms with Gasteiger partial charge in [0.25, 0.3) is 5.91 Å². The van der Waals surface area contributed by atoms with E-state index in [2.05, 4.69) is 5.48 Å². The standard InChI is InChI=1S/C20H23NO4/c22-19(24-16-17-10-4-1-5-11-17)14-8-3-9-15-25-21-20(23)18-12-6-2-7-13-18/h1-2,4-7,10-13H,3,8-9,14-16H2,(H,21,23). The predicted octanol–water partition coefficient (Wildman–Crippen LogP) is 3.65. The maximum atomic E-state index is 11.7. The van der Waals surface area contributed by atoms with Crippen LogP contribution in [0.5, 0.6) is 0 Å². The summed E-state index contributed by atoms with van der Waals surface area (Å²) in [6.07, 6.45) is 2.73. The fourth-order valence-electron chi connectivity index (χ4n) is 2.20. The van der Waals surface area contributed by atoms with Gasteiger partial charge >= 0.3 is 5.97 Å². The van der Waals surface area contributed by atoms with Crippen LogP contribution in [0.3, 0.4) is 0 Å². The first kappa shape index (κ1) is 18.7. The molecule has 2 rings (SSSR count). The molecule has 1 amide bonds. The summed E-state index contributed by atoms with van der Waals surface area (Å²) >= 11 is 0. The van der Waals surface area contributed by atoms with Gasteiger partial charge in [0, 0.05) is 12.0 Å². The topological polar surface area (TPSA) is 64.6 Å². The molecule has 0 atom stereocenters. The van der Waals surface area contributed by atoms with Gasteiger partial charge < -0.3 is 4.74 Å². The molecule has 0 aromatic heterocycles. The first-order valence-electron chi connectivity index (χ1n) is 8.42. The van der Waals surface area contributed by atoms with E-state index in [9.17, 15) is 9.59 Å². The quantitative estimate of drug-likeness (QED) is 0.407. The highest BCUT2D eigenvalue weighted by Gasteiger charge is 2.05. The molecule has 0 bridgehead atoms. The molecule has 2 aromatic rings. The molecule has 0 aliphatic rings. The van der Waals surface area contributed by atoms with Crippen molar-refractivity contribution in [2.24, 2.45) is 0 Å². The summed E-state index contributed by atoms with van der Waals surface area (Å²) in [6, 6.07) is 18.5. The van der Waals surface area contributed by atoms with Crippen molar-refractivity contribution < 1.29 is 19.2 Å². The van der Waals surface area contributed by atoms with Crippen molar-refractivity contribution in [1.29, 1.82) is 0 Å². The Kier molecular flexibility index (Phi) is 8.21. The van der Waals surface area contributed by atoms with Crippen LogP contribution in [0.4, 0.5) is 0 Å². The van der Waals surface area contributed by atoms with Gasteiger partial charge in [-0.3, -0.25) is 14.4 Å². The number of hydrogen-bond donors (Lipinski definition) is 1. The molecule has 0 aliphatic carbocycles. The lowest BCUT2D eigenvalue weighted by Crippen LogP contribution is -2.24. The van der Waals surface area contributed by atoms with E-state index in [-0.39, 0.29) is 11.9 Å². The van der Waals surface area contributed by atoms with Crippen LogP contribution in [0.2, 0.25) is 0 Å². The summed E-state index contributed by atoms with van der Waals surface area (Å²) in [7, 11) is 0. The molecule has 1 N–H and O–H groups in total. The van der Waals surface area contributed by atoms with E-state index in [0.717, 1.165) is 24.8 Å². The van der Waals surface area contributed by atoms with Gasteiger partial charge in [0.15, 0.2) is 0 Å². The second kappa shape index (κ2) is 11.0. The van der Waals surface area contributed by atoms with Gasteiger partial charge in [-0.1, -0.05) is 55.0 Å². The smallest absolute Gasteiger partial charge is 0.306 e. The van der Waals surface area contributed by atoms with Gasteiger partial charge in [-0.2, -0.15) is 0 Å². The van der Waals surface area contributed by atoms with E-state index in [0.29, 0.717) is 25.2 Å². The highest BCUT2D eigenvalue weighted by atomic mass is 16.6. The zero-order valence-corrected chi connectivity index (χ0v) is 14.1. The Labute approximate surface area is 147 Å². The second-order valence-corrected chi connectivity index (χ2v) is 5.60. The highest BCUT2D eigenvalue weighted by Crippen LogP contribution is 2.05. The molecule has 5 nitrogen and oxygen atoms in total. The minimum atomic E-state index is -0.259. The number of hydroxylamine groups is 1. The van der Waals surface area contributed by atoms with E-state index in [1.54, 1.807) is 24.3 Å². The van der Waals surface area contributed by atoms with Crippen LogP contribution in [0.15, 0.2) is 60.7 Å². The molecule has 0 radical (unpaired) electrons. The lowest BCUT2D eigenvalue weighted by Gasteiger charge is -2.06. The number of esters is 1. The van der Waals surface area contributed by atoms with Gasteiger partial charge in [0.1, 0.15) is 6.61 Å². The average molecular weight is 341 g/mol. The number of amides is 1. The van der Waals surface area contributed by atoms with Crippen LogP contribution in [0, 0.1) is 0 Å². The van der Waals surface area contributed by atoms with Gasteiger partial charge in [0.05, 0.1) is 6.61 Å². The van der Waals surface area contributed by atoms with Crippen molar-refractivity contribution in [3.63, 3.8) is 0 Å². The molecule has 0 saturated carbocycles. The van der Waals surface area contributed by atoms with E-state index in [4.69, 9.17) is 9.57 Å². The predicted molar refractivity (Wildman–Crippen MR) is 94.6 cm³/mol. The van der Waals surface area contributed by atoms with Crippen molar-refractivity contribution >= 4 is 11.9 Å². The molecular formula is C20H23NO4. The molecule has 0 saturated heterocycles. The number of ether oxygens (including phenoxy) is 1. The van der Waals surface area contributed by atoms with Crippen molar-refractivity contribution in [1.82, 2.24) is 5.48 Å². The minimum Gasteiger partial charge on any atom is -0.461 e. The molecule has 2 aromatic carbocycles. The maximum Gasteiger partial charge on any atom is 0.306 e. The summed E-state index contributed by atoms with van der Waals surface area (Å²) in [6.45, 7) is 0.728. The molecule has 132 valence electrons. The first-order valence-corrected chi connectivity index (χ1v) is 8.42. The molecule has 0 spiro atoms. The van der Waals surface area contributed by atoms with E-state index < -0.39 is 0 Å². The third-order valence-electron chi connectivity index (χ3n) is 3.57. The molecular weight excluding hydrogens is 318 g/mol. The van der Waals surface area contributed by atoms with Crippen LogP contribution in [-0.4, -0.2) is 18.5 Å². The van der Waals surface area contributed by atoms with Gasteiger partial charge in [-0.05, 0) is 30.5 Å². The summed E-state index contributed by atoms with van der Waals surface area (Å²) in [5.74, 6) is -0.452. The summed E-state index contributed by atoms with van der Waals surface area (Å²) < 4.78 is 5.21. The Morgan fingerprint density at radius 3 is 2.24 bits per heavy atom. The van der Waals surface area contributed by atoms with Crippen molar-refractivity contribution in [2.45, 2.75) is 32.3 Å². The fourth-order valence-corrected chi connectivity index (χ4v) is 2.20. The molecule has 25 heavy (non-hydrogen) atoms. The molecule has 0 aliphatic heterocycles. The lowest BCUT2D eigenvalue weighted by molar-refractivity contribution is -0.145. The minimum absolute atomic E-state index is 0.192. The lowest BCUT2D eigenvalue weighted by atomic mass is 10.2. The Bertz CT molecular complexity index is 643. The summed E-state index contributed by atoms with van der Waals surface area (Å²) in [5.41, 5.74) is 3.95. The monoisotopic (exact) mass is 341 g/mol. The van der Waals surface area contributed by atoms with E-state index >= 15 is 0 Å². The Balaban J connectivity index is 1.46. The van der Waals surface area contributed by atoms with Crippen molar-refractivity contribution in [2.75, 3.05) is 6.61 Å². The fraction of sp³-hybridized carbons (Fsp3) is 0.300. The maximum absolute atomic E-state index is 11.7. The van der Waals surface area contributed by atoms with Crippen LogP contribution in [0.25, 0.3) is 0 Å². The normalized spacial score (nSPS) is 10.2. The number of unbranched alkanes of at least 4 members (excludes halogenated alkanes) is 2. The van der Waals surface area contributed by atoms with Gasteiger partial charge in [-0.25, -0.2) is 5.48 Å². The highest BCUT2D eigenvalue weighted by molar-refractivity contribution is 5.93. The third kappa shape index (κ3) is 7.63. The number of hydrogen-bond acceptors (Lipinski definition) is 4. The second-order valence-electron chi connectivity index (χ2n) is 5.60. The Morgan fingerprint density at radius 2 is 1.52 bits per heavy atom. The van der Waals surface area contributed by atoms with E-state index in [1.165, 1.54) is 0 Å². The van der Waals surface area contributed by atoms with Gasteiger partial charge in [0.2, 0.25) is 0 Å². The molecule has 0 unspecified atom stereocenters. The van der Waals surface area contributed by atoms with E-state index in [1.807, 2.05) is 36.4 Å². The third-order valence-corrected chi connectivity index (χ3v) is 3.57. The Morgan fingerprint density at radius 1 is 0.840 bits per heavy atom. The van der Waals surface area contributed by atoms with Crippen LogP contribution >= 0.6 is 0 Å². The van der Waals surface area contributed by atoms with Crippen LogP contribution in [-0.2, 0) is 21.0 Å². The zero-order chi connectivity index (χ0) is 17.7. The number of carbonyl (C=O) groups excluding carboxylic acids is 2. The van der Waals surface area contributed by atoms with Crippen molar-refractivity contribution in [3.05, 3.63) is 71.8 Å². The first-order chi connectivity index (χ1) is 12.3. The number of nitrogens with one attached hydrogen (secondary N) is 1. The number of rotatable bonds is 10. The zero-order valence-electron chi connectivity index (χ0n) is 14.1. The number of carbonyl (C=O) groups is 2. The Hall–Kier alpha value is -2.66. The molecule has 0 heterocycles. The van der Waals surface area contributed by atoms with Crippen LogP contribution < -0.4 is 5.48 Å². The summed E-state index contributed by atoms with van der Waals surface area (Å²) in [5, 5.41) is 0. The van der Waals surface area contributed by atoms with Gasteiger partial charge in [-0.15, -0.1) is 0 Å². The average Bonchev–Trinajstić information content (AvgIpc) is 2.67. The van der Waals surface area contributed by atoms with Crippen molar-refractivity contribution in [3.8, 4) is 0 Å². The largest absolute Gasteiger partial charge is 0.461 e. The molecule has 0 fully saturated rings.